The summed E-state index contributed by atoms with van der Waals surface area (Å²) in [6.07, 6.45) is 3.97. The van der Waals surface area contributed by atoms with Crippen molar-refractivity contribution in [1.29, 1.82) is 5.26 Å². The quantitative estimate of drug-likeness (QED) is 0.840. The lowest BCUT2D eigenvalue weighted by Gasteiger charge is -2.36. The van der Waals surface area contributed by atoms with Crippen LogP contribution < -0.4 is 0 Å². The molecule has 2 aromatic heterocycles. The van der Waals surface area contributed by atoms with E-state index < -0.39 is 0 Å². The fourth-order valence-corrected chi connectivity index (χ4v) is 4.44. The molecular weight excluding hydrogens is 338 g/mol. The van der Waals surface area contributed by atoms with Gasteiger partial charge in [-0.25, -0.2) is 0 Å². The van der Waals surface area contributed by atoms with Gasteiger partial charge in [0.25, 0.3) is 5.91 Å². The standard InChI is InChI=1S/C21H25N5O/c1-15-17(9-19(10-22)24(15)2)13-25-11-16-6-7-18(25)14-26(12-16)21(27)20-5-3-4-8-23-20/h3-5,8-9,16,18H,6-7,11-14H2,1-2H3/t16-,18-/m1/s1. The Labute approximate surface area is 160 Å². The molecule has 0 radical (unpaired) electrons. The lowest BCUT2D eigenvalue weighted by Crippen LogP contribution is -2.44. The Hall–Kier alpha value is -2.65. The van der Waals surface area contributed by atoms with E-state index in [0.717, 1.165) is 38.3 Å². The second-order valence-corrected chi connectivity index (χ2v) is 7.76. The number of carbonyl (C=O) groups excluding carboxylic acids is 1. The number of carbonyl (C=O) groups is 1. The summed E-state index contributed by atoms with van der Waals surface area (Å²) in [5.74, 6) is 0.535. The number of fused-ring (bicyclic) bond motifs is 4. The minimum absolute atomic E-state index is 0.0389. The SMILES string of the molecule is Cc1c(CN2C[C@H]3CC[C@@H]2CN(C(=O)c2ccccn2)C3)cc(C#N)n1C. The minimum Gasteiger partial charge on any atom is -0.340 e. The fourth-order valence-electron chi connectivity index (χ4n) is 4.44. The number of nitriles is 1. The second-order valence-electron chi connectivity index (χ2n) is 7.76. The van der Waals surface area contributed by atoms with Crippen LogP contribution in [0.3, 0.4) is 0 Å². The molecule has 1 amide bonds. The van der Waals surface area contributed by atoms with E-state index >= 15 is 0 Å². The lowest BCUT2D eigenvalue weighted by atomic mass is 9.94. The van der Waals surface area contributed by atoms with Crippen molar-refractivity contribution in [2.75, 3.05) is 19.6 Å². The van der Waals surface area contributed by atoms with Gasteiger partial charge in [0, 0.05) is 51.2 Å². The third-order valence-corrected chi connectivity index (χ3v) is 6.13. The third-order valence-electron chi connectivity index (χ3n) is 6.13. The van der Waals surface area contributed by atoms with Crippen LogP contribution in [-0.2, 0) is 13.6 Å². The molecule has 5 rings (SSSR count). The van der Waals surface area contributed by atoms with E-state index in [9.17, 15) is 10.1 Å². The van der Waals surface area contributed by atoms with Crippen LogP contribution >= 0.6 is 0 Å². The molecule has 140 valence electrons. The molecular formula is C21H25N5O. The monoisotopic (exact) mass is 363 g/mol. The molecule has 0 unspecified atom stereocenters. The van der Waals surface area contributed by atoms with Gasteiger partial charge in [0.05, 0.1) is 0 Å². The maximum absolute atomic E-state index is 12.9. The summed E-state index contributed by atoms with van der Waals surface area (Å²) in [6, 6.07) is 10.1. The summed E-state index contributed by atoms with van der Waals surface area (Å²) in [7, 11) is 1.94. The van der Waals surface area contributed by atoms with Gasteiger partial charge in [-0.05, 0) is 49.4 Å². The molecule has 0 saturated carbocycles. The zero-order valence-electron chi connectivity index (χ0n) is 15.9. The molecule has 6 nitrogen and oxygen atoms in total. The van der Waals surface area contributed by atoms with Crippen molar-refractivity contribution in [3.05, 3.63) is 53.1 Å². The maximum Gasteiger partial charge on any atom is 0.272 e. The molecule has 2 atom stereocenters. The van der Waals surface area contributed by atoms with Gasteiger partial charge in [-0.1, -0.05) is 6.07 Å². The normalized spacial score (nSPS) is 22.5. The molecule has 2 aromatic rings. The highest BCUT2D eigenvalue weighted by atomic mass is 16.2. The molecule has 6 heteroatoms. The van der Waals surface area contributed by atoms with E-state index in [4.69, 9.17) is 0 Å². The average Bonchev–Trinajstić information content (AvgIpc) is 2.88. The van der Waals surface area contributed by atoms with Crippen LogP contribution in [0, 0.1) is 24.2 Å². The van der Waals surface area contributed by atoms with Gasteiger partial charge >= 0.3 is 0 Å². The van der Waals surface area contributed by atoms with Crippen molar-refractivity contribution in [3.63, 3.8) is 0 Å². The van der Waals surface area contributed by atoms with Gasteiger partial charge in [0.1, 0.15) is 17.5 Å². The number of hydrogen-bond acceptors (Lipinski definition) is 4. The predicted molar refractivity (Wildman–Crippen MR) is 102 cm³/mol. The number of hydrogen-bond donors (Lipinski definition) is 0. The molecule has 0 aliphatic carbocycles. The number of piperidine rings is 1. The summed E-state index contributed by atoms with van der Waals surface area (Å²) >= 11 is 0. The van der Waals surface area contributed by atoms with E-state index in [0.29, 0.717) is 23.3 Å². The van der Waals surface area contributed by atoms with Crippen molar-refractivity contribution < 1.29 is 4.79 Å². The third kappa shape index (κ3) is 3.35. The molecule has 2 bridgehead atoms. The Bertz CT molecular complexity index is 882. The van der Waals surface area contributed by atoms with E-state index in [2.05, 4.69) is 22.9 Å². The second kappa shape index (κ2) is 7.16. The van der Waals surface area contributed by atoms with Gasteiger partial charge in [-0.3, -0.25) is 14.7 Å². The van der Waals surface area contributed by atoms with Crippen molar-refractivity contribution in [2.24, 2.45) is 13.0 Å². The van der Waals surface area contributed by atoms with E-state index in [1.165, 1.54) is 12.0 Å². The molecule has 0 spiro atoms. The van der Waals surface area contributed by atoms with Gasteiger partial charge in [-0.15, -0.1) is 0 Å². The first-order valence-corrected chi connectivity index (χ1v) is 9.56. The molecule has 5 heterocycles. The average molecular weight is 363 g/mol. The Kier molecular flexibility index (Phi) is 4.71. The topological polar surface area (TPSA) is 65.2 Å². The number of aromatic nitrogens is 2. The highest BCUT2D eigenvalue weighted by Crippen LogP contribution is 2.30. The first-order valence-electron chi connectivity index (χ1n) is 9.56. The van der Waals surface area contributed by atoms with Gasteiger partial charge in [-0.2, -0.15) is 5.26 Å². The lowest BCUT2D eigenvalue weighted by molar-refractivity contribution is 0.0730. The highest BCUT2D eigenvalue weighted by molar-refractivity contribution is 5.92. The molecule has 3 saturated heterocycles. The summed E-state index contributed by atoms with van der Waals surface area (Å²) in [6.45, 7) is 5.48. The number of amides is 1. The first-order chi connectivity index (χ1) is 13.1. The van der Waals surface area contributed by atoms with E-state index in [-0.39, 0.29) is 5.91 Å². The van der Waals surface area contributed by atoms with E-state index in [1.807, 2.05) is 34.7 Å². The fraction of sp³-hybridized carbons (Fsp3) is 0.476. The molecule has 27 heavy (non-hydrogen) atoms. The summed E-state index contributed by atoms with van der Waals surface area (Å²) in [5, 5.41) is 9.28. The number of nitrogens with zero attached hydrogens (tertiary/aromatic N) is 5. The molecule has 0 N–H and O–H groups in total. The zero-order valence-corrected chi connectivity index (χ0v) is 15.9. The zero-order chi connectivity index (χ0) is 19.0. The van der Waals surface area contributed by atoms with Crippen LogP contribution in [0.15, 0.2) is 30.5 Å². The molecule has 3 aliphatic heterocycles. The first kappa shape index (κ1) is 17.7. The number of pyridine rings is 1. The predicted octanol–water partition coefficient (Wildman–Crippen LogP) is 2.34. The molecule has 3 fully saturated rings. The Morgan fingerprint density at radius 3 is 2.85 bits per heavy atom. The van der Waals surface area contributed by atoms with Crippen LogP contribution in [0.25, 0.3) is 0 Å². The minimum atomic E-state index is 0.0389. The Morgan fingerprint density at radius 2 is 2.15 bits per heavy atom. The van der Waals surface area contributed by atoms with Crippen molar-refractivity contribution >= 4 is 5.91 Å². The van der Waals surface area contributed by atoms with Crippen LogP contribution in [0.5, 0.6) is 0 Å². The van der Waals surface area contributed by atoms with E-state index in [1.54, 1.807) is 12.3 Å². The smallest absolute Gasteiger partial charge is 0.272 e. The van der Waals surface area contributed by atoms with Crippen molar-refractivity contribution in [1.82, 2.24) is 19.4 Å². The van der Waals surface area contributed by atoms with Crippen LogP contribution in [0.4, 0.5) is 0 Å². The van der Waals surface area contributed by atoms with Crippen LogP contribution in [-0.4, -0.2) is 50.9 Å². The van der Waals surface area contributed by atoms with Gasteiger partial charge in [0.2, 0.25) is 0 Å². The highest BCUT2D eigenvalue weighted by Gasteiger charge is 2.37. The van der Waals surface area contributed by atoms with Crippen molar-refractivity contribution in [3.8, 4) is 6.07 Å². The summed E-state index contributed by atoms with van der Waals surface area (Å²) < 4.78 is 1.96. The van der Waals surface area contributed by atoms with Crippen LogP contribution in [0.2, 0.25) is 0 Å². The number of rotatable bonds is 3. The van der Waals surface area contributed by atoms with Gasteiger partial charge < -0.3 is 9.47 Å². The Balaban J connectivity index is 1.52. The largest absolute Gasteiger partial charge is 0.340 e. The summed E-state index contributed by atoms with van der Waals surface area (Å²) in [4.78, 5) is 21.6. The van der Waals surface area contributed by atoms with Crippen LogP contribution in [0.1, 0.15) is 40.3 Å². The maximum atomic E-state index is 12.9. The molecule has 0 aromatic carbocycles. The van der Waals surface area contributed by atoms with Crippen molar-refractivity contribution in [2.45, 2.75) is 32.4 Å². The van der Waals surface area contributed by atoms with Gasteiger partial charge in [0.15, 0.2) is 0 Å². The Morgan fingerprint density at radius 1 is 1.30 bits per heavy atom. The summed E-state index contributed by atoms with van der Waals surface area (Å²) in [5.41, 5.74) is 3.59. The molecule has 3 aliphatic rings.